The summed E-state index contributed by atoms with van der Waals surface area (Å²) in [6.45, 7) is 9.81. The predicted molar refractivity (Wildman–Crippen MR) is 164 cm³/mol. The Labute approximate surface area is 241 Å². The van der Waals surface area contributed by atoms with E-state index in [1.807, 2.05) is 19.2 Å². The van der Waals surface area contributed by atoms with E-state index in [4.69, 9.17) is 11.6 Å². The Morgan fingerprint density at radius 3 is 2.56 bits per heavy atom. The standard InChI is InChI=1S/C31H40FN9/c1-22(29-14-24(17-32)4-9-36-29)38-26-16-30(23(2)37-19-26)41(34)21-28(33)25-15-27(20-35-18-25)40-12-7-31(8-13-40)5-10-39(3)11-6-31/h4,9,14-16,18-21,38H,1,5-8,10-13,17,33-34H2,2-3H3/b28-21-. The van der Waals surface area contributed by atoms with Gasteiger partial charge in [0.15, 0.2) is 0 Å². The van der Waals surface area contributed by atoms with Crippen LogP contribution in [0.25, 0.3) is 11.4 Å². The number of nitrogens with zero attached hydrogens (tertiary/aromatic N) is 6. The summed E-state index contributed by atoms with van der Waals surface area (Å²) < 4.78 is 13.1. The van der Waals surface area contributed by atoms with Crippen molar-refractivity contribution in [2.75, 3.05) is 48.5 Å². The van der Waals surface area contributed by atoms with Gasteiger partial charge in [-0.15, -0.1) is 0 Å². The Bertz CT molecular complexity index is 1400. The van der Waals surface area contributed by atoms with Crippen LogP contribution in [0.3, 0.4) is 0 Å². The van der Waals surface area contributed by atoms with Crippen LogP contribution in [0.1, 0.15) is 48.2 Å². The van der Waals surface area contributed by atoms with E-state index >= 15 is 0 Å². The molecular formula is C31H40FN9. The number of alkyl halides is 1. The molecule has 0 aromatic carbocycles. The maximum absolute atomic E-state index is 13.1. The lowest BCUT2D eigenvalue weighted by Crippen LogP contribution is -2.46. The van der Waals surface area contributed by atoms with Crippen molar-refractivity contribution in [2.24, 2.45) is 17.0 Å². The van der Waals surface area contributed by atoms with Crippen LogP contribution in [0.15, 0.2) is 61.8 Å². The van der Waals surface area contributed by atoms with Crippen molar-refractivity contribution in [1.82, 2.24) is 19.9 Å². The number of halogens is 1. The summed E-state index contributed by atoms with van der Waals surface area (Å²) in [5.41, 5.74) is 13.1. The van der Waals surface area contributed by atoms with Gasteiger partial charge in [0.25, 0.3) is 0 Å². The topological polar surface area (TPSA) is 112 Å². The van der Waals surface area contributed by atoms with Crippen molar-refractivity contribution in [3.63, 3.8) is 0 Å². The summed E-state index contributed by atoms with van der Waals surface area (Å²) in [5, 5.41) is 4.65. The van der Waals surface area contributed by atoms with Crippen LogP contribution in [0.2, 0.25) is 0 Å². The minimum Gasteiger partial charge on any atom is -0.397 e. The van der Waals surface area contributed by atoms with Crippen molar-refractivity contribution in [3.05, 3.63) is 84.3 Å². The number of hydrogen-bond donors (Lipinski definition) is 3. The number of aromatic nitrogens is 3. The lowest BCUT2D eigenvalue weighted by molar-refractivity contribution is 0.0945. The van der Waals surface area contributed by atoms with Crippen LogP contribution in [0.4, 0.5) is 21.5 Å². The van der Waals surface area contributed by atoms with E-state index in [2.05, 4.69) is 49.8 Å². The number of rotatable bonds is 8. The lowest BCUT2D eigenvalue weighted by atomic mass is 9.71. The first-order chi connectivity index (χ1) is 19.7. The minimum atomic E-state index is -0.565. The van der Waals surface area contributed by atoms with Crippen LogP contribution in [0.5, 0.6) is 0 Å². The van der Waals surface area contributed by atoms with Gasteiger partial charge in [0.05, 0.1) is 52.2 Å². The number of pyridine rings is 3. The fourth-order valence-corrected chi connectivity index (χ4v) is 5.70. The molecule has 3 aromatic heterocycles. The molecular weight excluding hydrogens is 517 g/mol. The zero-order valence-corrected chi connectivity index (χ0v) is 24.0. The third-order valence-corrected chi connectivity index (χ3v) is 8.49. The van der Waals surface area contributed by atoms with Gasteiger partial charge in [0, 0.05) is 37.2 Å². The van der Waals surface area contributed by atoms with Gasteiger partial charge >= 0.3 is 0 Å². The summed E-state index contributed by atoms with van der Waals surface area (Å²) >= 11 is 0. The number of anilines is 3. The molecule has 2 aliphatic rings. The Morgan fingerprint density at radius 1 is 1.10 bits per heavy atom. The van der Waals surface area contributed by atoms with Crippen molar-refractivity contribution >= 4 is 28.5 Å². The molecule has 0 amide bonds. The number of aryl methyl sites for hydroxylation is 1. The van der Waals surface area contributed by atoms with Gasteiger partial charge in [-0.05, 0) is 88.0 Å². The Morgan fingerprint density at radius 2 is 1.83 bits per heavy atom. The highest BCUT2D eigenvalue weighted by Crippen LogP contribution is 2.42. The first kappa shape index (κ1) is 28.5. The largest absolute Gasteiger partial charge is 0.397 e. The van der Waals surface area contributed by atoms with E-state index in [0.29, 0.717) is 39.4 Å². The molecule has 3 aromatic rings. The number of nitrogens with two attached hydrogens (primary N) is 2. The van der Waals surface area contributed by atoms with Gasteiger partial charge < -0.3 is 20.9 Å². The Kier molecular flexibility index (Phi) is 8.51. The van der Waals surface area contributed by atoms with Gasteiger partial charge in [0.2, 0.25) is 0 Å². The number of piperidine rings is 2. The Hall–Kier alpha value is -4.02. The molecule has 0 unspecified atom stereocenters. The van der Waals surface area contributed by atoms with E-state index in [0.717, 1.165) is 30.0 Å². The van der Waals surface area contributed by atoms with Crippen LogP contribution in [-0.2, 0) is 6.67 Å². The first-order valence-corrected chi connectivity index (χ1v) is 14.1. The van der Waals surface area contributed by atoms with Gasteiger partial charge in [-0.1, -0.05) is 6.58 Å². The SMILES string of the molecule is C=C(Nc1cnc(C)c(N(N)/C=C(\N)c2cncc(N3CCC4(CCN(C)CC4)CC3)c2)c1)c1cc(CF)ccn1. The van der Waals surface area contributed by atoms with E-state index in [1.54, 1.807) is 36.9 Å². The maximum Gasteiger partial charge on any atom is 0.115 e. The smallest absolute Gasteiger partial charge is 0.115 e. The summed E-state index contributed by atoms with van der Waals surface area (Å²) in [4.78, 5) is 18.1. The van der Waals surface area contributed by atoms with Crippen LogP contribution in [0, 0.1) is 12.3 Å². The van der Waals surface area contributed by atoms with Crippen LogP contribution < -0.4 is 26.8 Å². The monoisotopic (exact) mass is 557 g/mol. The van der Waals surface area contributed by atoms with Gasteiger partial charge in [-0.25, -0.2) is 10.2 Å². The molecule has 216 valence electrons. The number of hydrazine groups is 1. The van der Waals surface area contributed by atoms with Crippen molar-refractivity contribution in [2.45, 2.75) is 39.3 Å². The molecule has 5 rings (SSSR count). The van der Waals surface area contributed by atoms with Gasteiger partial charge in [0.1, 0.15) is 6.67 Å². The molecule has 1 spiro atoms. The minimum absolute atomic E-state index is 0.490. The lowest BCUT2D eigenvalue weighted by Gasteiger charge is -2.46. The van der Waals surface area contributed by atoms with Crippen LogP contribution >= 0.6 is 0 Å². The summed E-state index contributed by atoms with van der Waals surface area (Å²) in [5.74, 6) is 6.45. The normalized spacial score (nSPS) is 17.5. The molecule has 5 N–H and O–H groups in total. The third-order valence-electron chi connectivity index (χ3n) is 8.49. The second kappa shape index (κ2) is 12.2. The highest BCUT2D eigenvalue weighted by Gasteiger charge is 2.36. The molecule has 0 radical (unpaired) electrons. The summed E-state index contributed by atoms with van der Waals surface area (Å²) in [6, 6.07) is 7.24. The highest BCUT2D eigenvalue weighted by molar-refractivity contribution is 5.76. The number of hydrogen-bond acceptors (Lipinski definition) is 9. The molecule has 10 heteroatoms. The molecule has 0 aliphatic carbocycles. The van der Waals surface area contributed by atoms with E-state index in [1.165, 1.54) is 43.8 Å². The fourth-order valence-electron chi connectivity index (χ4n) is 5.70. The molecule has 0 saturated carbocycles. The van der Waals surface area contributed by atoms with Gasteiger partial charge in [-0.3, -0.25) is 20.0 Å². The van der Waals surface area contributed by atoms with E-state index in [9.17, 15) is 4.39 Å². The molecule has 2 fully saturated rings. The maximum atomic E-state index is 13.1. The van der Waals surface area contributed by atoms with Crippen LogP contribution in [-0.4, -0.2) is 53.1 Å². The molecule has 41 heavy (non-hydrogen) atoms. The van der Waals surface area contributed by atoms with Crippen molar-refractivity contribution in [1.29, 1.82) is 0 Å². The quantitative estimate of drug-likeness (QED) is 0.268. The van der Waals surface area contributed by atoms with Crippen molar-refractivity contribution < 1.29 is 4.39 Å². The summed E-state index contributed by atoms with van der Waals surface area (Å²) in [7, 11) is 2.22. The van der Waals surface area contributed by atoms with Gasteiger partial charge in [-0.2, -0.15) is 0 Å². The molecule has 0 bridgehead atoms. The highest BCUT2D eigenvalue weighted by atomic mass is 19.1. The predicted octanol–water partition coefficient (Wildman–Crippen LogP) is 4.68. The van der Waals surface area contributed by atoms with E-state index in [-0.39, 0.29) is 0 Å². The summed E-state index contributed by atoms with van der Waals surface area (Å²) in [6.07, 6.45) is 13.6. The molecule has 9 nitrogen and oxygen atoms in total. The zero-order valence-electron chi connectivity index (χ0n) is 24.0. The van der Waals surface area contributed by atoms with E-state index < -0.39 is 6.67 Å². The zero-order chi connectivity index (χ0) is 29.0. The molecule has 0 atom stereocenters. The average molecular weight is 558 g/mol. The third kappa shape index (κ3) is 6.66. The van der Waals surface area contributed by atoms with Crippen molar-refractivity contribution in [3.8, 4) is 0 Å². The molecule has 2 aliphatic heterocycles. The number of nitrogens with one attached hydrogen (secondary N) is 1. The fraction of sp³-hybridized carbons (Fsp3) is 0.387. The molecule has 5 heterocycles. The first-order valence-electron chi connectivity index (χ1n) is 14.1. The average Bonchev–Trinajstić information content (AvgIpc) is 3.00. The molecule has 2 saturated heterocycles. The Balaban J connectivity index is 1.26. The second-order valence-corrected chi connectivity index (χ2v) is 11.3. The second-order valence-electron chi connectivity index (χ2n) is 11.3. The number of likely N-dealkylation sites (tertiary alicyclic amines) is 1.